The van der Waals surface area contributed by atoms with Crippen molar-refractivity contribution in [2.24, 2.45) is 0 Å². The molecule has 4 N–H and O–H groups in total. The topological polar surface area (TPSA) is 75.4 Å². The summed E-state index contributed by atoms with van der Waals surface area (Å²) in [5, 5.41) is 10.7. The van der Waals surface area contributed by atoms with E-state index >= 15 is 0 Å². The number of rotatable bonds is 3. The van der Waals surface area contributed by atoms with Gasteiger partial charge in [-0.3, -0.25) is 4.79 Å². The van der Waals surface area contributed by atoms with Gasteiger partial charge in [-0.1, -0.05) is 11.6 Å². The summed E-state index contributed by atoms with van der Waals surface area (Å²) in [4.78, 5) is 11.5. The Hall–Kier alpha value is -1.47. The fourth-order valence-corrected chi connectivity index (χ4v) is 1.32. The van der Waals surface area contributed by atoms with E-state index < -0.39 is 24.7 Å². The van der Waals surface area contributed by atoms with Gasteiger partial charge in [-0.2, -0.15) is 13.2 Å². The predicted molar refractivity (Wildman–Crippen MR) is 60.3 cm³/mol. The maximum Gasteiger partial charge on any atom is 0.416 e. The summed E-state index contributed by atoms with van der Waals surface area (Å²) >= 11 is 5.70. The standard InChI is InChI=1S/C10H10ClF3N2O2/c11-7-2-1-5(15)3-6(7)9(18)16-4-8(17)10(12,13)14/h1-3,8,17H,4,15H2,(H,16,18). The van der Waals surface area contributed by atoms with Crippen molar-refractivity contribution in [1.29, 1.82) is 0 Å². The van der Waals surface area contributed by atoms with Crippen LogP contribution in [0.4, 0.5) is 18.9 Å². The first-order valence-corrected chi connectivity index (χ1v) is 5.17. The van der Waals surface area contributed by atoms with Crippen molar-refractivity contribution < 1.29 is 23.1 Å². The van der Waals surface area contributed by atoms with Crippen LogP contribution in [0, 0.1) is 0 Å². The number of nitrogen functional groups attached to an aromatic ring is 1. The van der Waals surface area contributed by atoms with E-state index in [4.69, 9.17) is 22.4 Å². The molecule has 0 aliphatic heterocycles. The van der Waals surface area contributed by atoms with E-state index in [-0.39, 0.29) is 16.3 Å². The number of aliphatic hydroxyl groups excluding tert-OH is 1. The van der Waals surface area contributed by atoms with Crippen LogP contribution >= 0.6 is 11.6 Å². The van der Waals surface area contributed by atoms with Crippen LogP contribution in [0.15, 0.2) is 18.2 Å². The molecule has 0 saturated carbocycles. The van der Waals surface area contributed by atoms with Gasteiger partial charge in [0.2, 0.25) is 0 Å². The largest absolute Gasteiger partial charge is 0.416 e. The minimum atomic E-state index is -4.78. The number of amides is 1. The molecule has 0 radical (unpaired) electrons. The molecular weight excluding hydrogens is 273 g/mol. The predicted octanol–water partition coefficient (Wildman–Crippen LogP) is 1.58. The molecule has 0 aromatic heterocycles. The minimum absolute atomic E-state index is 0.0500. The van der Waals surface area contributed by atoms with Crippen LogP contribution in [-0.4, -0.2) is 29.8 Å². The summed E-state index contributed by atoms with van der Waals surface area (Å²) in [5.74, 6) is -0.837. The summed E-state index contributed by atoms with van der Waals surface area (Å²) in [6.07, 6.45) is -7.41. The Morgan fingerprint density at radius 2 is 2.11 bits per heavy atom. The molecule has 1 aromatic carbocycles. The molecule has 1 amide bonds. The second kappa shape index (κ2) is 5.45. The Kier molecular flexibility index (Phi) is 4.42. The fourth-order valence-electron chi connectivity index (χ4n) is 1.12. The first-order chi connectivity index (χ1) is 8.21. The summed E-state index contributed by atoms with van der Waals surface area (Å²) in [7, 11) is 0. The Labute approximate surface area is 106 Å². The molecule has 0 fully saturated rings. The van der Waals surface area contributed by atoms with Gasteiger partial charge in [0.05, 0.1) is 17.1 Å². The molecule has 1 unspecified atom stereocenters. The zero-order valence-electron chi connectivity index (χ0n) is 8.96. The number of hydrogen-bond acceptors (Lipinski definition) is 3. The van der Waals surface area contributed by atoms with Crippen molar-refractivity contribution in [3.8, 4) is 0 Å². The van der Waals surface area contributed by atoms with Crippen molar-refractivity contribution >= 4 is 23.2 Å². The van der Waals surface area contributed by atoms with Crippen molar-refractivity contribution in [1.82, 2.24) is 5.32 Å². The maximum atomic E-state index is 12.0. The maximum absolute atomic E-state index is 12.0. The molecule has 1 atom stereocenters. The monoisotopic (exact) mass is 282 g/mol. The smallest absolute Gasteiger partial charge is 0.399 e. The number of hydrogen-bond donors (Lipinski definition) is 3. The quantitative estimate of drug-likeness (QED) is 0.737. The Bertz CT molecular complexity index is 451. The molecule has 0 bridgehead atoms. The highest BCUT2D eigenvalue weighted by atomic mass is 35.5. The molecule has 0 saturated heterocycles. The Morgan fingerprint density at radius 3 is 2.67 bits per heavy atom. The molecule has 0 aliphatic rings. The summed E-state index contributed by atoms with van der Waals surface area (Å²) in [6.45, 7) is -0.951. The number of alkyl halides is 3. The van der Waals surface area contributed by atoms with Gasteiger partial charge in [0, 0.05) is 5.69 Å². The second-order valence-electron chi connectivity index (χ2n) is 3.51. The van der Waals surface area contributed by atoms with E-state index in [9.17, 15) is 18.0 Å². The van der Waals surface area contributed by atoms with Crippen LogP contribution in [0.1, 0.15) is 10.4 Å². The zero-order chi connectivity index (χ0) is 13.9. The van der Waals surface area contributed by atoms with Gasteiger partial charge in [0.15, 0.2) is 6.10 Å². The van der Waals surface area contributed by atoms with Crippen LogP contribution in [-0.2, 0) is 0 Å². The number of halogens is 4. The molecule has 0 heterocycles. The lowest BCUT2D eigenvalue weighted by molar-refractivity contribution is -0.201. The van der Waals surface area contributed by atoms with Crippen molar-refractivity contribution in [3.05, 3.63) is 28.8 Å². The highest BCUT2D eigenvalue weighted by Gasteiger charge is 2.38. The molecule has 4 nitrogen and oxygen atoms in total. The van der Waals surface area contributed by atoms with Gasteiger partial charge < -0.3 is 16.2 Å². The first-order valence-electron chi connectivity index (χ1n) is 4.80. The Morgan fingerprint density at radius 1 is 1.50 bits per heavy atom. The van der Waals surface area contributed by atoms with Crippen LogP contribution in [0.5, 0.6) is 0 Å². The third-order valence-electron chi connectivity index (χ3n) is 2.07. The third-order valence-corrected chi connectivity index (χ3v) is 2.40. The van der Waals surface area contributed by atoms with Gasteiger partial charge in [0.1, 0.15) is 0 Å². The second-order valence-corrected chi connectivity index (χ2v) is 3.91. The third kappa shape index (κ3) is 3.78. The van der Waals surface area contributed by atoms with E-state index in [1.54, 1.807) is 0 Å². The first kappa shape index (κ1) is 14.6. The van der Waals surface area contributed by atoms with Crippen LogP contribution in [0.2, 0.25) is 5.02 Å². The van der Waals surface area contributed by atoms with E-state index in [1.165, 1.54) is 18.2 Å². The molecule has 1 aromatic rings. The summed E-state index contributed by atoms with van der Waals surface area (Å²) < 4.78 is 36.0. The van der Waals surface area contributed by atoms with Gasteiger partial charge in [-0.05, 0) is 18.2 Å². The highest BCUT2D eigenvalue weighted by molar-refractivity contribution is 6.34. The lowest BCUT2D eigenvalue weighted by atomic mass is 10.2. The number of carbonyl (C=O) groups is 1. The van der Waals surface area contributed by atoms with Gasteiger partial charge in [0.25, 0.3) is 5.91 Å². The Balaban J connectivity index is 2.69. The number of nitrogens with one attached hydrogen (secondary N) is 1. The lowest BCUT2D eigenvalue weighted by Crippen LogP contribution is -2.40. The van der Waals surface area contributed by atoms with E-state index in [0.29, 0.717) is 0 Å². The molecule has 8 heteroatoms. The summed E-state index contributed by atoms with van der Waals surface area (Å²) in [6, 6.07) is 4.04. The van der Waals surface area contributed by atoms with E-state index in [2.05, 4.69) is 0 Å². The summed E-state index contributed by atoms with van der Waals surface area (Å²) in [5.41, 5.74) is 5.62. The number of benzene rings is 1. The zero-order valence-corrected chi connectivity index (χ0v) is 9.72. The lowest BCUT2D eigenvalue weighted by Gasteiger charge is -2.15. The number of carbonyl (C=O) groups excluding carboxylic acids is 1. The fraction of sp³-hybridized carbons (Fsp3) is 0.300. The van der Waals surface area contributed by atoms with Gasteiger partial charge in [-0.15, -0.1) is 0 Å². The molecule has 100 valence electrons. The van der Waals surface area contributed by atoms with Crippen LogP contribution in [0.25, 0.3) is 0 Å². The SMILES string of the molecule is Nc1ccc(Cl)c(C(=O)NCC(O)C(F)(F)F)c1. The number of anilines is 1. The van der Waals surface area contributed by atoms with Crippen LogP contribution in [0.3, 0.4) is 0 Å². The van der Waals surface area contributed by atoms with Gasteiger partial charge >= 0.3 is 6.18 Å². The minimum Gasteiger partial charge on any atom is -0.399 e. The van der Waals surface area contributed by atoms with Gasteiger partial charge in [-0.25, -0.2) is 0 Å². The average Bonchev–Trinajstić information content (AvgIpc) is 2.27. The average molecular weight is 283 g/mol. The normalized spacial score (nSPS) is 13.2. The molecule has 1 rings (SSSR count). The van der Waals surface area contributed by atoms with E-state index in [0.717, 1.165) is 0 Å². The highest BCUT2D eigenvalue weighted by Crippen LogP contribution is 2.21. The number of nitrogens with two attached hydrogens (primary N) is 1. The molecule has 0 aliphatic carbocycles. The molecular formula is C10H10ClF3N2O2. The molecule has 18 heavy (non-hydrogen) atoms. The van der Waals surface area contributed by atoms with Crippen molar-refractivity contribution in [2.75, 3.05) is 12.3 Å². The van der Waals surface area contributed by atoms with Crippen LogP contribution < -0.4 is 11.1 Å². The molecule has 0 spiro atoms. The van der Waals surface area contributed by atoms with Crippen molar-refractivity contribution in [2.45, 2.75) is 12.3 Å². The van der Waals surface area contributed by atoms with Crippen molar-refractivity contribution in [3.63, 3.8) is 0 Å². The van der Waals surface area contributed by atoms with E-state index in [1.807, 2.05) is 5.32 Å². The number of aliphatic hydroxyl groups is 1.